The van der Waals surface area contributed by atoms with E-state index in [1.165, 1.54) is 11.8 Å². The molecule has 3 fully saturated rings. The molecule has 2 aliphatic heterocycles. The molecule has 1 aliphatic carbocycles. The first-order valence-electron chi connectivity index (χ1n) is 9.69. The molecule has 154 valence electrons. The minimum absolute atomic E-state index is 0.113. The summed E-state index contributed by atoms with van der Waals surface area (Å²) in [5.41, 5.74) is -1.81. The zero-order chi connectivity index (χ0) is 19.9. The summed E-state index contributed by atoms with van der Waals surface area (Å²) >= 11 is 1.27. The molecule has 0 aromatic rings. The lowest BCUT2D eigenvalue weighted by molar-refractivity contribution is -0.152. The van der Waals surface area contributed by atoms with E-state index in [2.05, 4.69) is 23.7 Å². The molecule has 4 N–H and O–H groups in total. The van der Waals surface area contributed by atoms with E-state index in [1.807, 2.05) is 7.05 Å². The lowest BCUT2D eigenvalue weighted by atomic mass is 9.97. The summed E-state index contributed by atoms with van der Waals surface area (Å²) in [6.07, 6.45) is 3.20. The van der Waals surface area contributed by atoms with Crippen molar-refractivity contribution in [1.29, 1.82) is 0 Å². The number of fused-ring (bicyclic) bond motifs is 1. The number of hydrogen-bond acceptors (Lipinski definition) is 7. The van der Waals surface area contributed by atoms with Crippen LogP contribution in [0.1, 0.15) is 26.2 Å². The number of aliphatic hydroxyl groups excluding tert-OH is 3. The summed E-state index contributed by atoms with van der Waals surface area (Å²) in [6.45, 7) is 6.86. The molecule has 0 bridgehead atoms. The molecule has 0 spiro atoms. The zero-order valence-electron chi connectivity index (χ0n) is 16.2. The van der Waals surface area contributed by atoms with E-state index in [4.69, 9.17) is 4.74 Å². The third-order valence-corrected chi connectivity index (χ3v) is 7.26. The summed E-state index contributed by atoms with van der Waals surface area (Å²) in [5, 5.41) is 34.0. The number of nitrogens with one attached hydrogen (secondary N) is 1. The quantitative estimate of drug-likeness (QED) is 0.444. The molecule has 7 nitrogen and oxygen atoms in total. The lowest BCUT2D eigenvalue weighted by Gasteiger charge is -2.39. The number of nitrogens with zero attached hydrogens (tertiary/aromatic N) is 1. The van der Waals surface area contributed by atoms with E-state index in [1.54, 1.807) is 12.3 Å². The van der Waals surface area contributed by atoms with Gasteiger partial charge in [0.25, 0.3) is 0 Å². The highest BCUT2D eigenvalue weighted by atomic mass is 32.2. The minimum Gasteiger partial charge on any atom is -0.390 e. The van der Waals surface area contributed by atoms with E-state index in [0.717, 1.165) is 25.8 Å². The number of hydrogen-bond donors (Lipinski definition) is 4. The van der Waals surface area contributed by atoms with Crippen molar-refractivity contribution in [2.45, 2.75) is 67.6 Å². The van der Waals surface area contributed by atoms with Crippen molar-refractivity contribution in [3.8, 4) is 0 Å². The van der Waals surface area contributed by atoms with Gasteiger partial charge in [0.1, 0.15) is 17.1 Å². The average molecular weight is 401 g/mol. The Morgan fingerprint density at radius 1 is 1.44 bits per heavy atom. The fourth-order valence-electron chi connectivity index (χ4n) is 4.93. The first-order valence-corrected chi connectivity index (χ1v) is 11.0. The van der Waals surface area contributed by atoms with Crippen LogP contribution in [0.25, 0.3) is 0 Å². The standard InChI is InChI=1S/C19H32N2O5S/c1-5-7-10-8-11(21(3)9-10)17(25)20-12(6-2)19-13(16(19)24)14(22)15(23)18(26-19)27-4/h6,10-16,18,22-24H,2,5,7-9H2,1,3-4H3,(H,20,25)/t10-,11+,12-,13?,14?,15-,16?,18?,19?/m1/s1. The monoisotopic (exact) mass is 400 g/mol. The van der Waals surface area contributed by atoms with E-state index in [0.29, 0.717) is 5.92 Å². The number of likely N-dealkylation sites (N-methyl/N-ethyl adjacent to an activating group) is 1. The first kappa shape index (κ1) is 21.1. The second-order valence-electron chi connectivity index (χ2n) is 8.10. The van der Waals surface area contributed by atoms with Gasteiger partial charge in [0.15, 0.2) is 0 Å². The molecule has 0 radical (unpaired) electrons. The molecule has 3 aliphatic rings. The number of rotatable bonds is 7. The van der Waals surface area contributed by atoms with Crippen LogP contribution in [-0.4, -0.2) is 87.4 Å². The van der Waals surface area contributed by atoms with Crippen molar-refractivity contribution in [2.24, 2.45) is 11.8 Å². The van der Waals surface area contributed by atoms with Gasteiger partial charge in [-0.1, -0.05) is 19.4 Å². The second-order valence-corrected chi connectivity index (χ2v) is 9.03. The Labute approximate surface area is 165 Å². The summed E-state index contributed by atoms with van der Waals surface area (Å²) in [6, 6.07) is -0.856. The van der Waals surface area contributed by atoms with E-state index in [9.17, 15) is 20.1 Å². The lowest BCUT2D eigenvalue weighted by Crippen LogP contribution is -2.57. The van der Waals surface area contributed by atoms with Gasteiger partial charge in [0, 0.05) is 6.54 Å². The maximum atomic E-state index is 12.9. The first-order chi connectivity index (χ1) is 12.8. The van der Waals surface area contributed by atoms with Crippen LogP contribution in [0.4, 0.5) is 0 Å². The predicted octanol–water partition coefficient (Wildman–Crippen LogP) is -0.0518. The normalized spacial score (nSPS) is 45.2. The molecule has 2 heterocycles. The third kappa shape index (κ3) is 3.45. The van der Waals surface area contributed by atoms with Crippen LogP contribution in [0.2, 0.25) is 0 Å². The molecule has 8 heteroatoms. The number of carbonyl (C=O) groups is 1. The van der Waals surface area contributed by atoms with Crippen LogP contribution >= 0.6 is 11.8 Å². The van der Waals surface area contributed by atoms with Gasteiger partial charge in [-0.25, -0.2) is 0 Å². The fourth-order valence-corrected chi connectivity index (χ4v) is 5.63. The van der Waals surface area contributed by atoms with Crippen molar-refractivity contribution in [3.05, 3.63) is 12.7 Å². The Hall–Kier alpha value is -0.640. The Kier molecular flexibility index (Phi) is 6.25. The Bertz CT molecular complexity index is 576. The topological polar surface area (TPSA) is 102 Å². The van der Waals surface area contributed by atoms with Crippen molar-refractivity contribution in [3.63, 3.8) is 0 Å². The molecule has 1 saturated carbocycles. The predicted molar refractivity (Wildman–Crippen MR) is 104 cm³/mol. The van der Waals surface area contributed by atoms with Gasteiger partial charge in [-0.3, -0.25) is 9.69 Å². The SMILES string of the molecule is C=C[C@@H](NC(=O)[C@@H]1C[C@@H](CCC)CN1C)C12OC(SC)[C@H](O)C(O)C1C2O. The summed E-state index contributed by atoms with van der Waals surface area (Å²) in [7, 11) is 1.96. The van der Waals surface area contributed by atoms with E-state index in [-0.39, 0.29) is 11.9 Å². The molecule has 2 saturated heterocycles. The summed E-state index contributed by atoms with van der Waals surface area (Å²) < 4.78 is 6.00. The third-order valence-electron chi connectivity index (χ3n) is 6.42. The van der Waals surface area contributed by atoms with Crippen molar-refractivity contribution in [2.75, 3.05) is 19.8 Å². The number of amides is 1. The number of ether oxygens (including phenoxy) is 1. The molecule has 5 unspecified atom stereocenters. The number of carbonyl (C=O) groups excluding carboxylic acids is 1. The van der Waals surface area contributed by atoms with E-state index < -0.39 is 41.3 Å². The molecule has 27 heavy (non-hydrogen) atoms. The van der Waals surface area contributed by atoms with Gasteiger partial charge in [0.05, 0.1) is 30.2 Å². The van der Waals surface area contributed by atoms with Gasteiger partial charge in [-0.2, -0.15) is 0 Å². The van der Waals surface area contributed by atoms with Gasteiger partial charge < -0.3 is 25.4 Å². The Balaban J connectivity index is 1.72. The van der Waals surface area contributed by atoms with Crippen LogP contribution in [0.5, 0.6) is 0 Å². The Morgan fingerprint density at radius 2 is 2.15 bits per heavy atom. The van der Waals surface area contributed by atoms with Crippen LogP contribution in [-0.2, 0) is 9.53 Å². The van der Waals surface area contributed by atoms with Gasteiger partial charge in [0.2, 0.25) is 5.91 Å². The number of aliphatic hydroxyl groups is 3. The van der Waals surface area contributed by atoms with Crippen LogP contribution in [0.3, 0.4) is 0 Å². The summed E-state index contributed by atoms with van der Waals surface area (Å²) in [4.78, 5) is 15.0. The molecule has 3 rings (SSSR count). The number of thioether (sulfide) groups is 1. The maximum absolute atomic E-state index is 12.9. The van der Waals surface area contributed by atoms with Gasteiger partial charge >= 0.3 is 0 Å². The maximum Gasteiger partial charge on any atom is 0.237 e. The van der Waals surface area contributed by atoms with E-state index >= 15 is 0 Å². The van der Waals surface area contributed by atoms with Crippen LogP contribution in [0, 0.1) is 11.8 Å². The molecule has 0 aromatic carbocycles. The highest BCUT2D eigenvalue weighted by Gasteiger charge is 2.76. The molecule has 9 atom stereocenters. The molecular weight excluding hydrogens is 368 g/mol. The average Bonchev–Trinajstić information content (AvgIpc) is 3.06. The van der Waals surface area contributed by atoms with Gasteiger partial charge in [-0.05, 0) is 32.1 Å². The van der Waals surface area contributed by atoms with Crippen LogP contribution < -0.4 is 5.32 Å². The highest BCUT2D eigenvalue weighted by molar-refractivity contribution is 7.99. The highest BCUT2D eigenvalue weighted by Crippen LogP contribution is 2.57. The Morgan fingerprint density at radius 3 is 2.74 bits per heavy atom. The minimum atomic E-state index is -1.14. The molecule has 0 aromatic heterocycles. The fraction of sp³-hybridized carbons (Fsp3) is 0.842. The van der Waals surface area contributed by atoms with Crippen molar-refractivity contribution in [1.82, 2.24) is 10.2 Å². The molecule has 1 amide bonds. The second kappa shape index (κ2) is 8.00. The smallest absolute Gasteiger partial charge is 0.237 e. The zero-order valence-corrected chi connectivity index (χ0v) is 17.1. The number of likely N-dealkylation sites (tertiary alicyclic amines) is 1. The van der Waals surface area contributed by atoms with Crippen LogP contribution in [0.15, 0.2) is 12.7 Å². The van der Waals surface area contributed by atoms with Crippen molar-refractivity contribution < 1.29 is 24.9 Å². The largest absolute Gasteiger partial charge is 0.390 e. The summed E-state index contributed by atoms with van der Waals surface area (Å²) in [5.74, 6) is -0.245. The van der Waals surface area contributed by atoms with Crippen molar-refractivity contribution >= 4 is 17.7 Å². The molecular formula is C19H32N2O5S. The van der Waals surface area contributed by atoms with Gasteiger partial charge in [-0.15, -0.1) is 18.3 Å².